The Hall–Kier alpha value is -2.27. The van der Waals surface area contributed by atoms with Crippen LogP contribution in [0.1, 0.15) is 0 Å². The van der Waals surface area contributed by atoms with Gasteiger partial charge in [-0.25, -0.2) is 72.8 Å². The molecule has 1 fully saturated rings. The van der Waals surface area contributed by atoms with Crippen LogP contribution in [-0.4, -0.2) is 21.4 Å². The molecule has 6 aromatic carbocycles. The van der Waals surface area contributed by atoms with Crippen LogP contribution in [0.25, 0.3) is 0 Å². The first-order valence-electron chi connectivity index (χ1n) is 12.0. The Bertz CT molecular complexity index is 1010. The molecule has 39 heavy (non-hydrogen) atoms. The zero-order chi connectivity index (χ0) is 24.7. The van der Waals surface area contributed by atoms with Crippen molar-refractivity contribution in [2.75, 3.05) is 0 Å². The van der Waals surface area contributed by atoms with Gasteiger partial charge in [0.2, 0.25) is 0 Å². The summed E-state index contributed by atoms with van der Waals surface area (Å²) in [4.78, 5) is 0. The van der Waals surface area contributed by atoms with Gasteiger partial charge >= 0.3 is 72.6 Å². The van der Waals surface area contributed by atoms with E-state index in [9.17, 15) is 0 Å². The van der Waals surface area contributed by atoms with Gasteiger partial charge in [-0.1, -0.05) is 0 Å². The summed E-state index contributed by atoms with van der Waals surface area (Å²) in [5.41, 5.74) is 3.02. The minimum Gasteiger partial charge on any atom is -0.466 e. The first-order valence-corrected chi connectivity index (χ1v) is 12.0. The maximum absolute atomic E-state index is 5.96. The van der Waals surface area contributed by atoms with Gasteiger partial charge in [-0.05, 0) is 0 Å². The molecular formula is C30H27B3Fe3O3. The minimum absolute atomic E-state index is 0. The van der Waals surface area contributed by atoms with E-state index in [4.69, 9.17) is 13.7 Å². The van der Waals surface area contributed by atoms with E-state index in [2.05, 4.69) is 0 Å². The molecule has 198 valence electrons. The van der Waals surface area contributed by atoms with Crippen molar-refractivity contribution in [3.8, 4) is 0 Å². The molecule has 9 heteroatoms. The van der Waals surface area contributed by atoms with Crippen LogP contribution in [0.3, 0.4) is 0 Å². The third-order valence-corrected chi connectivity index (χ3v) is 5.29. The fourth-order valence-corrected chi connectivity index (χ4v) is 3.50. The van der Waals surface area contributed by atoms with Gasteiger partial charge in [0, 0.05) is 0 Å². The van der Waals surface area contributed by atoms with Crippen molar-refractivity contribution in [2.24, 2.45) is 0 Å². The van der Waals surface area contributed by atoms with Crippen LogP contribution in [-0.2, 0) is 64.9 Å². The van der Waals surface area contributed by atoms with Crippen molar-refractivity contribution in [1.29, 1.82) is 0 Å². The van der Waals surface area contributed by atoms with Crippen molar-refractivity contribution < 1.29 is 64.9 Å². The van der Waals surface area contributed by atoms with E-state index in [-0.39, 0.29) is 51.2 Å². The summed E-state index contributed by atoms with van der Waals surface area (Å²) < 4.78 is 17.9. The van der Waals surface area contributed by atoms with Gasteiger partial charge in [-0.3, -0.25) is 0 Å². The molecule has 0 N–H and O–H groups in total. The number of hydrogen-bond donors (Lipinski definition) is 0. The van der Waals surface area contributed by atoms with E-state index in [0.717, 1.165) is 16.4 Å². The fraction of sp³-hybridized carbons (Fsp3) is 0. The summed E-state index contributed by atoms with van der Waals surface area (Å²) in [6.07, 6.45) is 0. The molecule has 6 aromatic rings. The topological polar surface area (TPSA) is 27.7 Å². The second-order valence-electron chi connectivity index (χ2n) is 7.95. The molecule has 1 aliphatic heterocycles. The molecule has 3 nitrogen and oxygen atoms in total. The monoisotopic (exact) mass is 636 g/mol. The Balaban J connectivity index is 0.000000346. The third-order valence-electron chi connectivity index (χ3n) is 5.29. The predicted octanol–water partition coefficient (Wildman–Crippen LogP) is 4.60. The van der Waals surface area contributed by atoms with Gasteiger partial charge in [-0.2, -0.15) is 91.0 Å². The largest absolute Gasteiger partial charge is 2.00 e. The summed E-state index contributed by atoms with van der Waals surface area (Å²) in [5, 5.41) is 0. The summed E-state index contributed by atoms with van der Waals surface area (Å²) in [7, 11) is -1.27. The smallest absolute Gasteiger partial charge is 0.466 e. The molecule has 0 atom stereocenters. The first-order chi connectivity index (χ1) is 17.9. The van der Waals surface area contributed by atoms with Gasteiger partial charge in [0.25, 0.3) is 0 Å². The molecule has 0 aliphatic carbocycles. The van der Waals surface area contributed by atoms with Crippen molar-refractivity contribution in [1.82, 2.24) is 0 Å². The molecule has 1 saturated heterocycles. The number of rotatable bonds is 3. The van der Waals surface area contributed by atoms with Crippen LogP contribution in [0, 0.1) is 0 Å². The van der Waals surface area contributed by atoms with Gasteiger partial charge < -0.3 is 13.7 Å². The summed E-state index contributed by atoms with van der Waals surface area (Å²) in [6.45, 7) is 0. The van der Waals surface area contributed by atoms with E-state index in [1.165, 1.54) is 0 Å². The van der Waals surface area contributed by atoms with E-state index >= 15 is 0 Å². The molecule has 0 aromatic heterocycles. The normalized spacial score (nSPS) is 11.5. The van der Waals surface area contributed by atoms with Gasteiger partial charge in [0.05, 0.1) is 0 Å². The van der Waals surface area contributed by atoms with Crippen LogP contribution in [0.4, 0.5) is 0 Å². The third kappa shape index (κ3) is 12.2. The second kappa shape index (κ2) is 20.6. The van der Waals surface area contributed by atoms with Crippen LogP contribution in [0.2, 0.25) is 0 Å². The van der Waals surface area contributed by atoms with Crippen LogP contribution in [0.15, 0.2) is 164 Å². The molecule has 0 unspecified atom stereocenters. The second-order valence-corrected chi connectivity index (χ2v) is 7.95. The SMILES string of the molecule is [Fe+2].[Fe+2].[Fe+2].c1cc[c-](B2OB([c-]3cccc3)OB([c-]3cccc3)O2)c1.c1cc[cH-]c1.c1cc[cH-]c1.c1cc[cH-]c1. The van der Waals surface area contributed by atoms with Gasteiger partial charge in [0.1, 0.15) is 0 Å². The van der Waals surface area contributed by atoms with Crippen molar-refractivity contribution in [3.05, 3.63) is 164 Å². The Morgan fingerprint density at radius 2 is 0.538 bits per heavy atom. The average Bonchev–Trinajstić information content (AvgIpc) is 3.81. The fourth-order valence-electron chi connectivity index (χ4n) is 3.50. The Morgan fingerprint density at radius 1 is 0.333 bits per heavy atom. The molecular weight excluding hydrogens is 608 g/mol. The molecule has 0 spiro atoms. The van der Waals surface area contributed by atoms with E-state index in [1.54, 1.807) is 0 Å². The zero-order valence-corrected chi connectivity index (χ0v) is 24.4. The van der Waals surface area contributed by atoms with Crippen molar-refractivity contribution >= 4 is 37.7 Å². The standard InChI is InChI=1S/C15H12B3O3.3C5H5.3Fe/c1-2-8-13(7-1)16-19-17(14-9-3-4-10-14)21-18(20-16)15-11-5-6-12-15;3*1-2-4-5-3-1;;;/h1-12H;3*1-5H;;;/q-3;3*-1;3*+2. The molecule has 7 rings (SSSR count). The van der Waals surface area contributed by atoms with E-state index in [0.29, 0.717) is 0 Å². The minimum atomic E-state index is -0.423. The molecule has 0 amide bonds. The van der Waals surface area contributed by atoms with Gasteiger partial charge in [0.15, 0.2) is 0 Å². The van der Waals surface area contributed by atoms with E-state index < -0.39 is 21.4 Å². The molecule has 0 radical (unpaired) electrons. The summed E-state index contributed by atoms with van der Waals surface area (Å²) >= 11 is 0. The Kier molecular flexibility index (Phi) is 18.4. The van der Waals surface area contributed by atoms with Crippen molar-refractivity contribution in [2.45, 2.75) is 0 Å². The van der Waals surface area contributed by atoms with Crippen LogP contribution in [0.5, 0.6) is 0 Å². The Morgan fingerprint density at radius 3 is 0.692 bits per heavy atom. The zero-order valence-electron chi connectivity index (χ0n) is 21.1. The molecule has 0 bridgehead atoms. The van der Waals surface area contributed by atoms with Crippen molar-refractivity contribution in [3.63, 3.8) is 0 Å². The van der Waals surface area contributed by atoms with Gasteiger partial charge in [-0.15, -0.1) is 16.4 Å². The van der Waals surface area contributed by atoms with Crippen LogP contribution < -0.4 is 16.4 Å². The van der Waals surface area contributed by atoms with Crippen LogP contribution >= 0.6 is 0 Å². The van der Waals surface area contributed by atoms with E-state index in [1.807, 2.05) is 164 Å². The maximum Gasteiger partial charge on any atom is 2.00 e. The summed E-state index contributed by atoms with van der Waals surface area (Å²) in [6, 6.07) is 53.9. The quantitative estimate of drug-likeness (QED) is 0.210. The first kappa shape index (κ1) is 34.8. The molecule has 0 saturated carbocycles. The summed E-state index contributed by atoms with van der Waals surface area (Å²) in [5.74, 6) is 0. The maximum atomic E-state index is 5.96. The predicted molar refractivity (Wildman–Crippen MR) is 152 cm³/mol. The number of hydrogen-bond acceptors (Lipinski definition) is 3. The molecule has 1 heterocycles. The average molecular weight is 636 g/mol. The Labute approximate surface area is 264 Å². The molecule has 1 aliphatic rings.